The average molecular weight is 394 g/mol. The van der Waals surface area contributed by atoms with Crippen molar-refractivity contribution < 1.29 is 19.0 Å². The van der Waals surface area contributed by atoms with Gasteiger partial charge in [-0.1, -0.05) is 6.07 Å². The number of rotatable bonds is 7. The molecule has 2 N–H and O–H groups in total. The summed E-state index contributed by atoms with van der Waals surface area (Å²) in [7, 11) is 4.53. The first-order valence-electron chi connectivity index (χ1n) is 8.82. The van der Waals surface area contributed by atoms with Crippen LogP contribution in [0.1, 0.15) is 16.1 Å². The molecule has 2 aromatic carbocycles. The smallest absolute Gasteiger partial charge is 0.337 e. The van der Waals surface area contributed by atoms with Crippen LogP contribution in [0.3, 0.4) is 0 Å². The Morgan fingerprint density at radius 1 is 0.931 bits per heavy atom. The van der Waals surface area contributed by atoms with E-state index in [1.807, 2.05) is 19.1 Å². The standard InChI is InChI=1S/C21H22N4O4/c1-13-10-19(23-15-7-5-6-14(11-15)20(26)29-4)25-21(22-13)24-17-12-16(27-2)8-9-18(17)28-3/h5-12H,1-4H3,(H2,22,23,24,25). The number of nitrogens with zero attached hydrogens (tertiary/aromatic N) is 2. The van der Waals surface area contributed by atoms with Gasteiger partial charge >= 0.3 is 5.97 Å². The van der Waals surface area contributed by atoms with Gasteiger partial charge in [-0.3, -0.25) is 0 Å². The molecule has 0 bridgehead atoms. The lowest BCUT2D eigenvalue weighted by atomic mass is 10.2. The van der Waals surface area contributed by atoms with Gasteiger partial charge in [0.1, 0.15) is 17.3 Å². The number of esters is 1. The Balaban J connectivity index is 1.87. The van der Waals surface area contributed by atoms with Crippen molar-refractivity contribution in [2.24, 2.45) is 0 Å². The minimum atomic E-state index is -0.403. The summed E-state index contributed by atoms with van der Waals surface area (Å²) < 4.78 is 15.4. The van der Waals surface area contributed by atoms with Crippen molar-refractivity contribution in [2.45, 2.75) is 6.92 Å². The molecule has 0 aliphatic rings. The molecule has 150 valence electrons. The van der Waals surface area contributed by atoms with E-state index in [-0.39, 0.29) is 0 Å². The molecule has 8 nitrogen and oxygen atoms in total. The van der Waals surface area contributed by atoms with Gasteiger partial charge < -0.3 is 24.8 Å². The summed E-state index contributed by atoms with van der Waals surface area (Å²) in [5.74, 6) is 1.88. The van der Waals surface area contributed by atoms with E-state index in [2.05, 4.69) is 20.6 Å². The first-order valence-corrected chi connectivity index (χ1v) is 8.82. The Morgan fingerprint density at radius 2 is 1.76 bits per heavy atom. The monoisotopic (exact) mass is 394 g/mol. The van der Waals surface area contributed by atoms with E-state index in [1.165, 1.54) is 7.11 Å². The molecule has 0 saturated heterocycles. The van der Waals surface area contributed by atoms with Crippen LogP contribution in [-0.4, -0.2) is 37.3 Å². The van der Waals surface area contributed by atoms with E-state index >= 15 is 0 Å². The number of aromatic nitrogens is 2. The first kappa shape index (κ1) is 19.9. The van der Waals surface area contributed by atoms with Crippen molar-refractivity contribution in [2.75, 3.05) is 32.0 Å². The fourth-order valence-electron chi connectivity index (χ4n) is 2.71. The Morgan fingerprint density at radius 3 is 2.48 bits per heavy atom. The molecule has 0 spiro atoms. The number of anilines is 4. The highest BCUT2D eigenvalue weighted by atomic mass is 16.5. The minimum Gasteiger partial charge on any atom is -0.497 e. The zero-order chi connectivity index (χ0) is 20.8. The van der Waals surface area contributed by atoms with Gasteiger partial charge in [0, 0.05) is 23.5 Å². The molecule has 29 heavy (non-hydrogen) atoms. The van der Waals surface area contributed by atoms with Crippen molar-refractivity contribution in [1.82, 2.24) is 9.97 Å². The Hall–Kier alpha value is -3.81. The fourth-order valence-corrected chi connectivity index (χ4v) is 2.71. The highest BCUT2D eigenvalue weighted by Gasteiger charge is 2.10. The lowest BCUT2D eigenvalue weighted by Gasteiger charge is -2.13. The van der Waals surface area contributed by atoms with Gasteiger partial charge in [-0.15, -0.1) is 0 Å². The lowest BCUT2D eigenvalue weighted by molar-refractivity contribution is 0.0601. The highest BCUT2D eigenvalue weighted by Crippen LogP contribution is 2.31. The zero-order valence-corrected chi connectivity index (χ0v) is 16.6. The number of hydrogen-bond donors (Lipinski definition) is 2. The fraction of sp³-hybridized carbons (Fsp3) is 0.190. The maximum absolute atomic E-state index is 11.7. The normalized spacial score (nSPS) is 10.2. The Kier molecular flexibility index (Phi) is 6.13. The molecule has 1 aromatic heterocycles. The van der Waals surface area contributed by atoms with E-state index in [0.29, 0.717) is 40.2 Å². The molecule has 0 aliphatic heterocycles. The molecule has 3 aromatic rings. The quantitative estimate of drug-likeness (QED) is 0.579. The molecule has 8 heteroatoms. The van der Waals surface area contributed by atoms with Gasteiger partial charge in [0.15, 0.2) is 0 Å². The molecular weight excluding hydrogens is 372 g/mol. The van der Waals surface area contributed by atoms with Gasteiger partial charge in [0.25, 0.3) is 0 Å². The second kappa shape index (κ2) is 8.92. The molecule has 3 rings (SSSR count). The predicted molar refractivity (Wildman–Crippen MR) is 111 cm³/mol. The Bertz CT molecular complexity index is 1020. The molecular formula is C21H22N4O4. The van der Waals surface area contributed by atoms with Gasteiger partial charge in [-0.25, -0.2) is 9.78 Å². The van der Waals surface area contributed by atoms with Crippen molar-refractivity contribution >= 4 is 29.1 Å². The summed E-state index contributed by atoms with van der Waals surface area (Å²) in [6.07, 6.45) is 0. The van der Waals surface area contributed by atoms with Gasteiger partial charge in [-0.2, -0.15) is 4.98 Å². The SMILES string of the molecule is COC(=O)c1cccc(Nc2cc(C)nc(Nc3cc(OC)ccc3OC)n2)c1. The topological polar surface area (TPSA) is 94.6 Å². The number of carbonyl (C=O) groups excluding carboxylic acids is 1. The zero-order valence-electron chi connectivity index (χ0n) is 16.6. The minimum absolute atomic E-state index is 0.392. The molecule has 0 aliphatic carbocycles. The van der Waals surface area contributed by atoms with Crippen molar-refractivity contribution in [3.8, 4) is 11.5 Å². The number of aryl methyl sites for hydroxylation is 1. The van der Waals surface area contributed by atoms with Crippen LogP contribution < -0.4 is 20.1 Å². The van der Waals surface area contributed by atoms with Crippen LogP contribution in [0.4, 0.5) is 23.1 Å². The molecule has 0 unspecified atom stereocenters. The number of ether oxygens (including phenoxy) is 3. The molecule has 0 atom stereocenters. The van der Waals surface area contributed by atoms with E-state index in [9.17, 15) is 4.79 Å². The summed E-state index contributed by atoms with van der Waals surface area (Å²) in [5, 5.41) is 6.35. The lowest BCUT2D eigenvalue weighted by Crippen LogP contribution is -2.05. The third-order valence-corrected chi connectivity index (χ3v) is 4.06. The van der Waals surface area contributed by atoms with Crippen molar-refractivity contribution in [3.05, 3.63) is 59.8 Å². The molecule has 0 saturated carbocycles. The molecule has 0 radical (unpaired) electrons. The second-order valence-corrected chi connectivity index (χ2v) is 6.11. The van der Waals surface area contributed by atoms with Crippen LogP contribution in [0.2, 0.25) is 0 Å². The largest absolute Gasteiger partial charge is 0.497 e. The Labute approximate surface area is 168 Å². The molecule has 1 heterocycles. The third-order valence-electron chi connectivity index (χ3n) is 4.06. The molecule has 0 fully saturated rings. The summed E-state index contributed by atoms with van der Waals surface area (Å²) in [6, 6.07) is 14.2. The number of benzene rings is 2. The first-order chi connectivity index (χ1) is 14.0. The van der Waals surface area contributed by atoms with Crippen LogP contribution in [0.15, 0.2) is 48.5 Å². The van der Waals surface area contributed by atoms with Gasteiger partial charge in [-0.05, 0) is 37.3 Å². The third kappa shape index (κ3) is 4.92. The summed E-state index contributed by atoms with van der Waals surface area (Å²) in [5.41, 5.74) is 2.59. The average Bonchev–Trinajstić information content (AvgIpc) is 2.72. The van der Waals surface area contributed by atoms with Crippen molar-refractivity contribution in [3.63, 3.8) is 0 Å². The van der Waals surface area contributed by atoms with E-state index in [1.54, 1.807) is 50.6 Å². The van der Waals surface area contributed by atoms with Crippen LogP contribution in [0.5, 0.6) is 11.5 Å². The summed E-state index contributed by atoms with van der Waals surface area (Å²) in [4.78, 5) is 20.7. The summed E-state index contributed by atoms with van der Waals surface area (Å²) in [6.45, 7) is 1.87. The van der Waals surface area contributed by atoms with E-state index in [4.69, 9.17) is 14.2 Å². The van der Waals surface area contributed by atoms with Gasteiger partial charge in [0.05, 0.1) is 32.6 Å². The number of methoxy groups -OCH3 is 3. The van der Waals surface area contributed by atoms with E-state index < -0.39 is 5.97 Å². The van der Waals surface area contributed by atoms with Crippen LogP contribution >= 0.6 is 0 Å². The number of carbonyl (C=O) groups is 1. The summed E-state index contributed by atoms with van der Waals surface area (Å²) >= 11 is 0. The second-order valence-electron chi connectivity index (χ2n) is 6.11. The van der Waals surface area contributed by atoms with Crippen LogP contribution in [0, 0.1) is 6.92 Å². The van der Waals surface area contributed by atoms with Crippen LogP contribution in [-0.2, 0) is 4.74 Å². The maximum Gasteiger partial charge on any atom is 0.337 e. The highest BCUT2D eigenvalue weighted by molar-refractivity contribution is 5.90. The number of hydrogen-bond acceptors (Lipinski definition) is 8. The number of nitrogens with one attached hydrogen (secondary N) is 2. The van der Waals surface area contributed by atoms with Gasteiger partial charge in [0.2, 0.25) is 5.95 Å². The predicted octanol–water partition coefficient (Wildman–Crippen LogP) is 4.08. The van der Waals surface area contributed by atoms with E-state index in [0.717, 1.165) is 5.69 Å². The maximum atomic E-state index is 11.7. The van der Waals surface area contributed by atoms with Crippen LogP contribution in [0.25, 0.3) is 0 Å². The van der Waals surface area contributed by atoms with Crippen molar-refractivity contribution in [1.29, 1.82) is 0 Å². The molecule has 0 amide bonds.